The molecule has 1 saturated heterocycles. The minimum atomic E-state index is 0.0388. The third-order valence-electron chi connectivity index (χ3n) is 6.30. The van der Waals surface area contributed by atoms with Gasteiger partial charge in [0.25, 0.3) is 5.91 Å². The number of amides is 1. The van der Waals surface area contributed by atoms with Crippen molar-refractivity contribution in [3.05, 3.63) is 64.7 Å². The second-order valence-electron chi connectivity index (χ2n) is 8.67. The predicted molar refractivity (Wildman–Crippen MR) is 141 cm³/mol. The number of carbonyl (C=O) groups excluding carboxylic acids is 1. The van der Waals surface area contributed by atoms with Crippen LogP contribution in [0.15, 0.2) is 53.7 Å². The van der Waals surface area contributed by atoms with E-state index in [0.29, 0.717) is 17.4 Å². The number of halogens is 1. The lowest BCUT2D eigenvalue weighted by molar-refractivity contribution is 0.0643. The topological polar surface area (TPSA) is 63.5 Å². The van der Waals surface area contributed by atoms with Crippen LogP contribution in [-0.4, -0.2) is 76.9 Å². The molecule has 1 aromatic heterocycles. The molecule has 9 heteroatoms. The maximum absolute atomic E-state index is 12.9. The third kappa shape index (κ3) is 6.06. The number of piperazine rings is 1. The Kier molecular flexibility index (Phi) is 8.83. The van der Waals surface area contributed by atoms with Crippen LogP contribution in [0.2, 0.25) is 5.02 Å². The maximum atomic E-state index is 12.9. The molecule has 0 aliphatic carbocycles. The number of rotatable bonds is 9. The van der Waals surface area contributed by atoms with Gasteiger partial charge in [0.2, 0.25) is 0 Å². The zero-order valence-corrected chi connectivity index (χ0v) is 22.1. The van der Waals surface area contributed by atoms with Crippen molar-refractivity contribution in [1.82, 2.24) is 24.6 Å². The highest BCUT2D eigenvalue weighted by Crippen LogP contribution is 2.33. The van der Waals surface area contributed by atoms with Crippen molar-refractivity contribution in [2.45, 2.75) is 30.8 Å². The monoisotopic (exact) mass is 513 g/mol. The second kappa shape index (κ2) is 12.0. The van der Waals surface area contributed by atoms with E-state index < -0.39 is 0 Å². The van der Waals surface area contributed by atoms with Crippen molar-refractivity contribution in [2.75, 3.05) is 46.4 Å². The Bertz CT molecular complexity index is 1130. The highest BCUT2D eigenvalue weighted by molar-refractivity contribution is 7.98. The molecule has 1 amide bonds. The molecule has 1 aliphatic heterocycles. The lowest BCUT2D eigenvalue weighted by Gasteiger charge is -2.34. The molecule has 1 atom stereocenters. The Morgan fingerprint density at radius 1 is 1.09 bits per heavy atom. The van der Waals surface area contributed by atoms with Crippen molar-refractivity contribution < 1.29 is 9.53 Å². The van der Waals surface area contributed by atoms with Gasteiger partial charge in [-0.25, -0.2) is 0 Å². The molecule has 35 heavy (non-hydrogen) atoms. The fraction of sp³-hybridized carbons (Fsp3) is 0.423. The molecule has 4 rings (SSSR count). The highest BCUT2D eigenvalue weighted by atomic mass is 35.5. The SMILES string of the molecule is CCN1CCN(C(=O)c2ccc(CSc3nnc(-c4ccccc4Cl)n3[C@H](C)COC)cc2)CC1. The second-order valence-corrected chi connectivity index (χ2v) is 10.0. The van der Waals surface area contributed by atoms with Gasteiger partial charge in [-0.3, -0.25) is 9.36 Å². The van der Waals surface area contributed by atoms with Gasteiger partial charge in [-0.15, -0.1) is 10.2 Å². The molecule has 0 N–H and O–H groups in total. The van der Waals surface area contributed by atoms with Gasteiger partial charge in [0.1, 0.15) is 0 Å². The standard InChI is InChI=1S/C26H32ClN5O2S/c1-4-30-13-15-31(16-14-30)25(33)21-11-9-20(10-12-21)18-35-26-29-28-24(32(26)19(2)17-34-3)22-7-5-6-8-23(22)27/h5-12,19H,4,13-18H2,1-3H3/t19-/m1/s1. The van der Waals surface area contributed by atoms with Crippen molar-refractivity contribution in [2.24, 2.45) is 0 Å². The van der Waals surface area contributed by atoms with Crippen LogP contribution >= 0.6 is 23.4 Å². The van der Waals surface area contributed by atoms with Crippen LogP contribution in [0.5, 0.6) is 0 Å². The minimum absolute atomic E-state index is 0.0388. The number of benzene rings is 2. The normalized spacial score (nSPS) is 15.4. The Balaban J connectivity index is 1.46. The van der Waals surface area contributed by atoms with Gasteiger partial charge in [0, 0.05) is 50.2 Å². The fourth-order valence-electron chi connectivity index (χ4n) is 4.26. The Hall–Kier alpha value is -2.39. The molecule has 2 heterocycles. The summed E-state index contributed by atoms with van der Waals surface area (Å²) in [7, 11) is 1.69. The number of hydrogen-bond donors (Lipinski definition) is 0. The molecule has 3 aromatic rings. The van der Waals surface area contributed by atoms with Crippen LogP contribution in [0, 0.1) is 0 Å². The number of hydrogen-bond acceptors (Lipinski definition) is 6. The molecule has 0 saturated carbocycles. The predicted octanol–water partition coefficient (Wildman–Crippen LogP) is 4.88. The van der Waals surface area contributed by atoms with E-state index in [1.54, 1.807) is 18.9 Å². The molecule has 1 aliphatic rings. The highest BCUT2D eigenvalue weighted by Gasteiger charge is 2.22. The van der Waals surface area contributed by atoms with Gasteiger partial charge in [0.05, 0.1) is 17.7 Å². The van der Waals surface area contributed by atoms with E-state index in [1.807, 2.05) is 53.4 Å². The van der Waals surface area contributed by atoms with E-state index in [-0.39, 0.29) is 11.9 Å². The first kappa shape index (κ1) is 25.7. The number of carbonyl (C=O) groups is 1. The Labute approximate surface area is 216 Å². The van der Waals surface area contributed by atoms with Gasteiger partial charge in [-0.2, -0.15) is 0 Å². The number of thioether (sulfide) groups is 1. The van der Waals surface area contributed by atoms with E-state index >= 15 is 0 Å². The lowest BCUT2D eigenvalue weighted by Crippen LogP contribution is -2.48. The summed E-state index contributed by atoms with van der Waals surface area (Å²) in [4.78, 5) is 17.2. The molecule has 0 bridgehead atoms. The molecule has 2 aromatic carbocycles. The van der Waals surface area contributed by atoms with Crippen LogP contribution in [0.3, 0.4) is 0 Å². The fourth-order valence-corrected chi connectivity index (χ4v) is 5.47. The van der Waals surface area contributed by atoms with Gasteiger partial charge in [-0.1, -0.05) is 54.6 Å². The molecular weight excluding hydrogens is 482 g/mol. The van der Waals surface area contributed by atoms with Crippen molar-refractivity contribution in [3.8, 4) is 11.4 Å². The van der Waals surface area contributed by atoms with Gasteiger partial charge in [-0.05, 0) is 43.3 Å². The van der Waals surface area contributed by atoms with Crippen LogP contribution in [0.1, 0.15) is 35.8 Å². The molecule has 7 nitrogen and oxygen atoms in total. The van der Waals surface area contributed by atoms with E-state index in [0.717, 1.165) is 60.4 Å². The zero-order valence-electron chi connectivity index (χ0n) is 20.5. The van der Waals surface area contributed by atoms with Gasteiger partial charge in [0.15, 0.2) is 11.0 Å². The number of likely N-dealkylation sites (N-methyl/N-ethyl adjacent to an activating group) is 1. The summed E-state index contributed by atoms with van der Waals surface area (Å²) in [6.07, 6.45) is 0. The average molecular weight is 514 g/mol. The quantitative estimate of drug-likeness (QED) is 0.380. The summed E-state index contributed by atoms with van der Waals surface area (Å²) in [5, 5.41) is 10.4. The lowest BCUT2D eigenvalue weighted by atomic mass is 10.1. The summed E-state index contributed by atoms with van der Waals surface area (Å²) >= 11 is 8.06. The van der Waals surface area contributed by atoms with Crippen LogP contribution in [-0.2, 0) is 10.5 Å². The maximum Gasteiger partial charge on any atom is 0.253 e. The van der Waals surface area contributed by atoms with E-state index in [1.165, 1.54) is 0 Å². The third-order valence-corrected chi connectivity index (χ3v) is 7.65. The Morgan fingerprint density at radius 3 is 2.46 bits per heavy atom. The zero-order chi connectivity index (χ0) is 24.8. The van der Waals surface area contributed by atoms with Crippen LogP contribution < -0.4 is 0 Å². The van der Waals surface area contributed by atoms with Crippen LogP contribution in [0.25, 0.3) is 11.4 Å². The molecule has 0 spiro atoms. The first-order valence-electron chi connectivity index (χ1n) is 11.9. The molecule has 1 fully saturated rings. The minimum Gasteiger partial charge on any atom is -0.383 e. The number of nitrogens with zero attached hydrogens (tertiary/aromatic N) is 5. The van der Waals surface area contributed by atoms with Crippen molar-refractivity contribution >= 4 is 29.3 Å². The van der Waals surface area contributed by atoms with Crippen LogP contribution in [0.4, 0.5) is 0 Å². The molecule has 0 unspecified atom stereocenters. The number of methoxy groups -OCH3 is 1. The summed E-state index contributed by atoms with van der Waals surface area (Å²) < 4.78 is 7.49. The summed E-state index contributed by atoms with van der Waals surface area (Å²) in [5.41, 5.74) is 2.70. The smallest absolute Gasteiger partial charge is 0.253 e. The summed E-state index contributed by atoms with van der Waals surface area (Å²) in [5.74, 6) is 1.55. The molecule has 0 radical (unpaired) electrons. The first-order chi connectivity index (χ1) is 17.0. The molecular formula is C26H32ClN5O2S. The summed E-state index contributed by atoms with van der Waals surface area (Å²) in [6, 6.07) is 15.6. The molecule has 186 valence electrons. The van der Waals surface area contributed by atoms with Crippen molar-refractivity contribution in [3.63, 3.8) is 0 Å². The van der Waals surface area contributed by atoms with Gasteiger partial charge < -0.3 is 14.5 Å². The van der Waals surface area contributed by atoms with Gasteiger partial charge >= 0.3 is 0 Å². The first-order valence-corrected chi connectivity index (χ1v) is 13.3. The number of ether oxygens (including phenoxy) is 1. The largest absolute Gasteiger partial charge is 0.383 e. The summed E-state index contributed by atoms with van der Waals surface area (Å²) in [6.45, 7) is 9.26. The number of aromatic nitrogens is 3. The van der Waals surface area contributed by atoms with E-state index in [9.17, 15) is 4.79 Å². The van der Waals surface area contributed by atoms with E-state index in [2.05, 4.69) is 33.5 Å². The van der Waals surface area contributed by atoms with E-state index in [4.69, 9.17) is 16.3 Å². The van der Waals surface area contributed by atoms with Crippen molar-refractivity contribution in [1.29, 1.82) is 0 Å². The average Bonchev–Trinajstić information content (AvgIpc) is 3.31. The Morgan fingerprint density at radius 2 is 1.80 bits per heavy atom.